The van der Waals surface area contributed by atoms with Crippen molar-refractivity contribution in [3.8, 4) is 5.75 Å². The molecule has 2 rings (SSSR count). The van der Waals surface area contributed by atoms with Crippen LogP contribution >= 0.6 is 0 Å². The number of rotatable bonds is 4. The first kappa shape index (κ1) is 12.3. The van der Waals surface area contributed by atoms with Crippen molar-refractivity contribution >= 4 is 5.69 Å². The second kappa shape index (κ2) is 5.95. The van der Waals surface area contributed by atoms with Gasteiger partial charge in [-0.3, -0.25) is 0 Å². The van der Waals surface area contributed by atoms with Crippen molar-refractivity contribution in [3.05, 3.63) is 23.8 Å². The van der Waals surface area contributed by atoms with Gasteiger partial charge in [0, 0.05) is 12.2 Å². The fraction of sp³-hybridized carbons (Fsp3) is 0.600. The number of hydrogen-bond acceptors (Lipinski definition) is 2. The van der Waals surface area contributed by atoms with Crippen LogP contribution in [-0.4, -0.2) is 13.7 Å². The van der Waals surface area contributed by atoms with Gasteiger partial charge >= 0.3 is 0 Å². The smallest absolute Gasteiger partial charge is 0.119 e. The van der Waals surface area contributed by atoms with E-state index in [0.29, 0.717) is 0 Å². The predicted octanol–water partition coefficient (Wildman–Crippen LogP) is 4.00. The van der Waals surface area contributed by atoms with E-state index in [-0.39, 0.29) is 0 Å². The van der Waals surface area contributed by atoms with Crippen LogP contribution in [-0.2, 0) is 0 Å². The highest BCUT2D eigenvalue weighted by Crippen LogP contribution is 2.25. The molecule has 1 fully saturated rings. The van der Waals surface area contributed by atoms with Gasteiger partial charge in [-0.25, -0.2) is 0 Å². The van der Waals surface area contributed by atoms with E-state index in [4.69, 9.17) is 4.74 Å². The van der Waals surface area contributed by atoms with Crippen LogP contribution in [0.4, 0.5) is 5.69 Å². The summed E-state index contributed by atoms with van der Waals surface area (Å²) in [6.45, 7) is 3.25. The van der Waals surface area contributed by atoms with E-state index in [1.165, 1.54) is 43.4 Å². The van der Waals surface area contributed by atoms with Gasteiger partial charge in [-0.05, 0) is 49.4 Å². The van der Waals surface area contributed by atoms with Gasteiger partial charge < -0.3 is 10.1 Å². The number of ether oxygens (including phenoxy) is 1. The SMILES string of the molecule is COc1ccc(NCC2CCCCC2)c(C)c1. The molecule has 0 aliphatic heterocycles. The zero-order chi connectivity index (χ0) is 12.1. The van der Waals surface area contributed by atoms with Gasteiger partial charge in [0.15, 0.2) is 0 Å². The third-order valence-electron chi connectivity index (χ3n) is 3.74. The molecule has 2 heteroatoms. The molecule has 0 amide bonds. The van der Waals surface area contributed by atoms with Crippen LogP contribution in [0.3, 0.4) is 0 Å². The molecule has 1 aliphatic carbocycles. The standard InChI is InChI=1S/C15H23NO/c1-12-10-14(17-2)8-9-15(12)16-11-13-6-4-3-5-7-13/h8-10,13,16H,3-7,11H2,1-2H3. The van der Waals surface area contributed by atoms with E-state index in [2.05, 4.69) is 24.4 Å². The minimum atomic E-state index is 0.866. The predicted molar refractivity (Wildman–Crippen MR) is 72.8 cm³/mol. The van der Waals surface area contributed by atoms with Crippen LogP contribution in [0.2, 0.25) is 0 Å². The summed E-state index contributed by atoms with van der Waals surface area (Å²) in [5.74, 6) is 1.80. The second-order valence-corrected chi connectivity index (χ2v) is 5.07. The summed E-state index contributed by atoms with van der Waals surface area (Å²) in [7, 11) is 1.71. The maximum absolute atomic E-state index is 5.22. The molecule has 0 radical (unpaired) electrons. The average Bonchev–Trinajstić information content (AvgIpc) is 2.38. The van der Waals surface area contributed by atoms with Gasteiger partial charge in [-0.2, -0.15) is 0 Å². The lowest BCUT2D eigenvalue weighted by molar-refractivity contribution is 0.373. The Kier molecular flexibility index (Phi) is 4.29. The van der Waals surface area contributed by atoms with E-state index in [1.54, 1.807) is 7.11 Å². The highest BCUT2D eigenvalue weighted by atomic mass is 16.5. The molecule has 17 heavy (non-hydrogen) atoms. The summed E-state index contributed by atoms with van der Waals surface area (Å²) in [5.41, 5.74) is 2.51. The molecule has 0 aromatic heterocycles. The lowest BCUT2D eigenvalue weighted by Gasteiger charge is -2.22. The Hall–Kier alpha value is -1.18. The molecule has 0 unspecified atom stereocenters. The first-order chi connectivity index (χ1) is 8.29. The summed E-state index contributed by atoms with van der Waals surface area (Å²) in [4.78, 5) is 0. The van der Waals surface area contributed by atoms with Gasteiger partial charge in [-0.1, -0.05) is 19.3 Å². The molecule has 0 spiro atoms. The lowest BCUT2D eigenvalue weighted by atomic mass is 9.89. The fourth-order valence-corrected chi connectivity index (χ4v) is 2.61. The number of aryl methyl sites for hydroxylation is 1. The molecule has 0 heterocycles. The van der Waals surface area contributed by atoms with E-state index in [9.17, 15) is 0 Å². The Morgan fingerprint density at radius 2 is 2.00 bits per heavy atom. The molecular formula is C15H23NO. The first-order valence-electron chi connectivity index (χ1n) is 6.68. The van der Waals surface area contributed by atoms with Crippen LogP contribution in [0, 0.1) is 12.8 Å². The monoisotopic (exact) mass is 233 g/mol. The lowest BCUT2D eigenvalue weighted by Crippen LogP contribution is -2.17. The van der Waals surface area contributed by atoms with Gasteiger partial charge in [-0.15, -0.1) is 0 Å². The summed E-state index contributed by atoms with van der Waals surface area (Å²) < 4.78 is 5.22. The number of hydrogen-bond donors (Lipinski definition) is 1. The number of nitrogens with one attached hydrogen (secondary N) is 1. The largest absolute Gasteiger partial charge is 0.497 e. The van der Waals surface area contributed by atoms with Crippen molar-refractivity contribution in [1.29, 1.82) is 0 Å². The molecule has 1 N–H and O–H groups in total. The van der Waals surface area contributed by atoms with Gasteiger partial charge in [0.1, 0.15) is 5.75 Å². The van der Waals surface area contributed by atoms with Crippen molar-refractivity contribution in [1.82, 2.24) is 0 Å². The van der Waals surface area contributed by atoms with Crippen LogP contribution in [0.1, 0.15) is 37.7 Å². The average molecular weight is 233 g/mol. The highest BCUT2D eigenvalue weighted by Gasteiger charge is 2.13. The molecule has 2 nitrogen and oxygen atoms in total. The first-order valence-corrected chi connectivity index (χ1v) is 6.68. The molecule has 0 bridgehead atoms. The molecule has 1 saturated carbocycles. The van der Waals surface area contributed by atoms with Gasteiger partial charge in [0.05, 0.1) is 7.11 Å². The molecule has 0 saturated heterocycles. The maximum Gasteiger partial charge on any atom is 0.119 e. The number of benzene rings is 1. The Morgan fingerprint density at radius 3 is 2.65 bits per heavy atom. The highest BCUT2D eigenvalue weighted by molar-refractivity contribution is 5.53. The zero-order valence-corrected chi connectivity index (χ0v) is 11.0. The van der Waals surface area contributed by atoms with Crippen LogP contribution in [0.5, 0.6) is 5.75 Å². The Bertz CT molecular complexity index is 356. The van der Waals surface area contributed by atoms with Crippen molar-refractivity contribution in [2.75, 3.05) is 19.0 Å². The number of methoxy groups -OCH3 is 1. The molecule has 94 valence electrons. The van der Waals surface area contributed by atoms with Crippen LogP contribution in [0.25, 0.3) is 0 Å². The van der Waals surface area contributed by atoms with E-state index >= 15 is 0 Å². The minimum absolute atomic E-state index is 0.866. The molecule has 0 atom stereocenters. The third kappa shape index (κ3) is 3.39. The van der Waals surface area contributed by atoms with Gasteiger partial charge in [0.25, 0.3) is 0 Å². The molecule has 1 aromatic rings. The van der Waals surface area contributed by atoms with Crippen molar-refractivity contribution < 1.29 is 4.74 Å². The van der Waals surface area contributed by atoms with Crippen molar-refractivity contribution in [2.45, 2.75) is 39.0 Å². The normalized spacial score (nSPS) is 16.8. The maximum atomic E-state index is 5.22. The zero-order valence-electron chi connectivity index (χ0n) is 11.0. The summed E-state index contributed by atoms with van der Waals surface area (Å²) in [5, 5.41) is 3.58. The summed E-state index contributed by atoms with van der Waals surface area (Å²) in [6, 6.07) is 6.23. The van der Waals surface area contributed by atoms with Crippen molar-refractivity contribution in [2.24, 2.45) is 5.92 Å². The summed E-state index contributed by atoms with van der Waals surface area (Å²) >= 11 is 0. The third-order valence-corrected chi connectivity index (χ3v) is 3.74. The number of anilines is 1. The second-order valence-electron chi connectivity index (χ2n) is 5.07. The Balaban J connectivity index is 1.89. The van der Waals surface area contributed by atoms with Gasteiger partial charge in [0.2, 0.25) is 0 Å². The summed E-state index contributed by atoms with van der Waals surface area (Å²) in [6.07, 6.45) is 7.03. The van der Waals surface area contributed by atoms with E-state index < -0.39 is 0 Å². The van der Waals surface area contributed by atoms with E-state index in [1.807, 2.05) is 6.07 Å². The minimum Gasteiger partial charge on any atom is -0.497 e. The van der Waals surface area contributed by atoms with Crippen LogP contribution < -0.4 is 10.1 Å². The molecule has 1 aliphatic rings. The van der Waals surface area contributed by atoms with E-state index in [0.717, 1.165) is 18.2 Å². The topological polar surface area (TPSA) is 21.3 Å². The van der Waals surface area contributed by atoms with Crippen molar-refractivity contribution in [3.63, 3.8) is 0 Å². The Labute approximate surface area is 104 Å². The quantitative estimate of drug-likeness (QED) is 0.848. The molecular weight excluding hydrogens is 210 g/mol. The van der Waals surface area contributed by atoms with Crippen LogP contribution in [0.15, 0.2) is 18.2 Å². The molecule has 1 aromatic carbocycles. The Morgan fingerprint density at radius 1 is 1.24 bits per heavy atom. The fourth-order valence-electron chi connectivity index (χ4n) is 2.61.